The lowest BCUT2D eigenvalue weighted by Crippen LogP contribution is -2.49. The van der Waals surface area contributed by atoms with Crippen LogP contribution in [-0.2, 0) is 19.9 Å². The monoisotopic (exact) mass is 382 g/mol. The van der Waals surface area contributed by atoms with Crippen molar-refractivity contribution >= 4 is 41.5 Å². The molecule has 9 heteroatoms. The number of nitrogen functional groups attached to an aromatic ring is 1. The van der Waals surface area contributed by atoms with Crippen LogP contribution < -0.4 is 5.73 Å². The Morgan fingerprint density at radius 1 is 1.40 bits per heavy atom. The average Bonchev–Trinajstić information content (AvgIpc) is 2.30. The van der Waals surface area contributed by atoms with Crippen LogP contribution in [0, 0.1) is 0 Å². The quantitative estimate of drug-likeness (QED) is 0.764. The van der Waals surface area contributed by atoms with E-state index >= 15 is 0 Å². The highest BCUT2D eigenvalue weighted by Gasteiger charge is 2.36. The fraction of sp³-hybridized carbons (Fsp3) is 0.455. The van der Waals surface area contributed by atoms with Crippen LogP contribution in [0.25, 0.3) is 0 Å². The summed E-state index contributed by atoms with van der Waals surface area (Å²) >= 11 is 3.21. The van der Waals surface area contributed by atoms with Gasteiger partial charge in [-0.25, -0.2) is 16.8 Å². The third-order valence-electron chi connectivity index (χ3n) is 3.18. The maximum Gasteiger partial charge on any atom is 0.243 e. The van der Waals surface area contributed by atoms with E-state index in [1.165, 1.54) is 16.4 Å². The maximum absolute atomic E-state index is 12.5. The Morgan fingerprint density at radius 3 is 2.60 bits per heavy atom. The third-order valence-corrected chi connectivity index (χ3v) is 7.71. The van der Waals surface area contributed by atoms with Gasteiger partial charge in [0.05, 0.1) is 16.4 Å². The molecule has 1 aromatic carbocycles. The van der Waals surface area contributed by atoms with E-state index in [2.05, 4.69) is 15.9 Å². The number of hydrogen-bond acceptors (Lipinski definition) is 5. The predicted molar refractivity (Wildman–Crippen MR) is 80.6 cm³/mol. The summed E-state index contributed by atoms with van der Waals surface area (Å²) in [4.78, 5) is 0.0735. The summed E-state index contributed by atoms with van der Waals surface area (Å²) < 4.78 is 49.9. The van der Waals surface area contributed by atoms with Crippen LogP contribution in [0.3, 0.4) is 0 Å². The molecule has 1 aromatic rings. The number of nitrogens with two attached hydrogens (primary N) is 1. The zero-order chi connectivity index (χ0) is 15.1. The first-order valence-electron chi connectivity index (χ1n) is 5.91. The molecule has 0 bridgehead atoms. The van der Waals surface area contributed by atoms with E-state index in [9.17, 15) is 16.8 Å². The van der Waals surface area contributed by atoms with Crippen LogP contribution in [0.4, 0.5) is 5.69 Å². The number of sulfonamides is 1. The summed E-state index contributed by atoms with van der Waals surface area (Å²) in [6.07, 6.45) is 0. The number of nitrogens with zero attached hydrogens (tertiary/aromatic N) is 1. The Kier molecular flexibility index (Phi) is 4.16. The molecule has 0 radical (unpaired) electrons. The molecule has 0 aromatic heterocycles. The van der Waals surface area contributed by atoms with Gasteiger partial charge in [0.2, 0.25) is 10.0 Å². The van der Waals surface area contributed by atoms with Crippen molar-refractivity contribution in [3.05, 3.63) is 22.7 Å². The second kappa shape index (κ2) is 5.28. The summed E-state index contributed by atoms with van der Waals surface area (Å²) in [6.45, 7) is 1.57. The number of sulfone groups is 1. The van der Waals surface area contributed by atoms with Gasteiger partial charge in [0.25, 0.3) is 0 Å². The molecular weight excluding hydrogens is 368 g/mol. The first kappa shape index (κ1) is 15.7. The molecule has 1 aliphatic heterocycles. The summed E-state index contributed by atoms with van der Waals surface area (Å²) in [6, 6.07) is 3.80. The largest absolute Gasteiger partial charge is 0.398 e. The molecule has 1 unspecified atom stereocenters. The molecular formula is C11H15BrN2O4S2. The van der Waals surface area contributed by atoms with Crippen molar-refractivity contribution < 1.29 is 16.8 Å². The minimum Gasteiger partial charge on any atom is -0.398 e. The van der Waals surface area contributed by atoms with Crippen LogP contribution in [0.5, 0.6) is 0 Å². The Labute approximate surface area is 127 Å². The lowest BCUT2D eigenvalue weighted by atomic mass is 10.3. The van der Waals surface area contributed by atoms with E-state index in [1.807, 2.05) is 0 Å². The Morgan fingerprint density at radius 2 is 2.05 bits per heavy atom. The van der Waals surface area contributed by atoms with Gasteiger partial charge in [0.15, 0.2) is 9.84 Å². The van der Waals surface area contributed by atoms with Crippen molar-refractivity contribution in [3.63, 3.8) is 0 Å². The molecule has 112 valence electrons. The zero-order valence-electron chi connectivity index (χ0n) is 10.8. The van der Waals surface area contributed by atoms with Gasteiger partial charge < -0.3 is 5.73 Å². The fourth-order valence-corrected chi connectivity index (χ4v) is 5.84. The SMILES string of the molecule is CC1CS(=O)(=O)CCN1S(=O)(=O)c1ccc(Br)c(N)c1. The number of halogens is 1. The second-order valence-electron chi connectivity index (χ2n) is 4.76. The minimum atomic E-state index is -3.73. The van der Waals surface area contributed by atoms with E-state index in [-0.39, 0.29) is 22.9 Å². The van der Waals surface area contributed by atoms with Gasteiger partial charge in [-0.3, -0.25) is 0 Å². The van der Waals surface area contributed by atoms with Crippen LogP contribution >= 0.6 is 15.9 Å². The molecule has 1 saturated heterocycles. The molecule has 1 fully saturated rings. The normalized spacial score (nSPS) is 23.6. The molecule has 1 aliphatic rings. The van der Waals surface area contributed by atoms with Crippen molar-refractivity contribution in [3.8, 4) is 0 Å². The molecule has 1 heterocycles. The predicted octanol–water partition coefficient (Wildman–Crippen LogP) is 0.839. The topological polar surface area (TPSA) is 97.5 Å². The number of hydrogen-bond donors (Lipinski definition) is 1. The molecule has 0 aliphatic carbocycles. The first-order valence-corrected chi connectivity index (χ1v) is 9.96. The molecule has 2 rings (SSSR count). The lowest BCUT2D eigenvalue weighted by Gasteiger charge is -2.32. The van der Waals surface area contributed by atoms with Gasteiger partial charge >= 0.3 is 0 Å². The van der Waals surface area contributed by atoms with Crippen molar-refractivity contribution in [1.29, 1.82) is 0 Å². The highest BCUT2D eigenvalue weighted by Crippen LogP contribution is 2.27. The van der Waals surface area contributed by atoms with Gasteiger partial charge in [-0.05, 0) is 41.1 Å². The lowest BCUT2D eigenvalue weighted by molar-refractivity contribution is 0.357. The molecule has 20 heavy (non-hydrogen) atoms. The standard InChI is InChI=1S/C11H15BrN2O4S2/c1-8-7-19(15,16)5-4-14(8)20(17,18)9-2-3-10(12)11(13)6-9/h2-3,6,8H,4-5,7,13H2,1H3. The van der Waals surface area contributed by atoms with E-state index in [0.717, 1.165) is 0 Å². The van der Waals surface area contributed by atoms with Crippen molar-refractivity contribution in [2.75, 3.05) is 23.8 Å². The molecule has 0 saturated carbocycles. The van der Waals surface area contributed by atoms with Crippen LogP contribution in [0.15, 0.2) is 27.6 Å². The molecule has 0 amide bonds. The van der Waals surface area contributed by atoms with Gasteiger partial charge in [0.1, 0.15) is 0 Å². The van der Waals surface area contributed by atoms with Crippen LogP contribution in [-0.4, -0.2) is 45.2 Å². The van der Waals surface area contributed by atoms with E-state index in [4.69, 9.17) is 5.73 Å². The smallest absolute Gasteiger partial charge is 0.243 e. The van der Waals surface area contributed by atoms with E-state index in [1.54, 1.807) is 13.0 Å². The Hall–Kier alpha value is -0.640. The van der Waals surface area contributed by atoms with Crippen molar-refractivity contribution in [2.24, 2.45) is 0 Å². The van der Waals surface area contributed by atoms with Gasteiger partial charge in [-0.1, -0.05) is 0 Å². The first-order chi connectivity index (χ1) is 9.13. The average molecular weight is 383 g/mol. The van der Waals surface area contributed by atoms with Crippen molar-refractivity contribution in [2.45, 2.75) is 17.9 Å². The summed E-state index contributed by atoms with van der Waals surface area (Å²) in [7, 11) is -6.89. The Bertz CT molecular complexity index is 731. The van der Waals surface area contributed by atoms with Gasteiger partial charge in [0, 0.05) is 22.7 Å². The number of anilines is 1. The molecule has 0 spiro atoms. The number of rotatable bonds is 2. The highest BCUT2D eigenvalue weighted by molar-refractivity contribution is 9.10. The van der Waals surface area contributed by atoms with Crippen LogP contribution in [0.1, 0.15) is 6.92 Å². The minimum absolute atomic E-state index is 0.0260. The van der Waals surface area contributed by atoms with Gasteiger partial charge in [-0.15, -0.1) is 0 Å². The number of benzene rings is 1. The second-order valence-corrected chi connectivity index (χ2v) is 9.74. The summed E-state index contributed by atoms with van der Waals surface area (Å²) in [5.74, 6) is -0.305. The molecule has 1 atom stereocenters. The van der Waals surface area contributed by atoms with E-state index < -0.39 is 25.9 Å². The van der Waals surface area contributed by atoms with Crippen molar-refractivity contribution in [1.82, 2.24) is 4.31 Å². The fourth-order valence-electron chi connectivity index (χ4n) is 2.16. The van der Waals surface area contributed by atoms with Crippen LogP contribution in [0.2, 0.25) is 0 Å². The summed E-state index contributed by atoms with van der Waals surface area (Å²) in [5, 5.41) is 0. The molecule has 2 N–H and O–H groups in total. The Balaban J connectivity index is 2.38. The highest BCUT2D eigenvalue weighted by atomic mass is 79.9. The molecule has 6 nitrogen and oxygen atoms in total. The maximum atomic E-state index is 12.5. The third kappa shape index (κ3) is 3.00. The zero-order valence-corrected chi connectivity index (χ0v) is 14.0. The van der Waals surface area contributed by atoms with E-state index in [0.29, 0.717) is 10.2 Å². The van der Waals surface area contributed by atoms with Gasteiger partial charge in [-0.2, -0.15) is 4.31 Å². The summed E-state index contributed by atoms with van der Waals surface area (Å²) in [5.41, 5.74) is 6.02.